The van der Waals surface area contributed by atoms with Crippen LogP contribution in [0.1, 0.15) is 52.8 Å². The van der Waals surface area contributed by atoms with Crippen molar-refractivity contribution in [1.82, 2.24) is 15.5 Å². The molecule has 3 amide bonds. The third-order valence-corrected chi connectivity index (χ3v) is 4.61. The van der Waals surface area contributed by atoms with Crippen LogP contribution in [0.5, 0.6) is 0 Å². The summed E-state index contributed by atoms with van der Waals surface area (Å²) in [7, 11) is 0. The molecule has 136 valence electrons. The van der Waals surface area contributed by atoms with Crippen molar-refractivity contribution in [2.24, 2.45) is 0 Å². The highest BCUT2D eigenvalue weighted by atomic mass is 35.5. The first-order chi connectivity index (χ1) is 11.7. The fourth-order valence-electron chi connectivity index (χ4n) is 3.25. The number of nitrogens with one attached hydrogen (secondary N) is 2. The Morgan fingerprint density at radius 3 is 2.40 bits per heavy atom. The van der Waals surface area contributed by atoms with Gasteiger partial charge in [-0.2, -0.15) is 0 Å². The predicted octanol–water partition coefficient (Wildman–Crippen LogP) is 1.74. The van der Waals surface area contributed by atoms with Crippen molar-refractivity contribution >= 4 is 30.1 Å². The van der Waals surface area contributed by atoms with Crippen LogP contribution >= 0.6 is 12.4 Å². The van der Waals surface area contributed by atoms with Gasteiger partial charge in [0, 0.05) is 13.1 Å². The number of nitrogens with zero attached hydrogens (tertiary/aromatic N) is 1. The van der Waals surface area contributed by atoms with Gasteiger partial charge < -0.3 is 10.6 Å². The van der Waals surface area contributed by atoms with E-state index in [-0.39, 0.29) is 36.2 Å². The standard InChI is InChI=1S/C18H23N3O3.ClH/c22-16(15-9-3-4-10-19-15)20-11-5-6-12-21-17(23)13-7-1-2-8-14(13)18(21)24;/h1-2,7-8,15,19H,3-6,9-12H2,(H,20,22);1H. The maximum atomic E-state index is 12.2. The van der Waals surface area contributed by atoms with Crippen molar-refractivity contribution in [3.05, 3.63) is 35.4 Å². The van der Waals surface area contributed by atoms with E-state index >= 15 is 0 Å². The molecule has 2 aliphatic rings. The molecule has 0 aliphatic carbocycles. The zero-order valence-electron chi connectivity index (χ0n) is 14.1. The van der Waals surface area contributed by atoms with Crippen LogP contribution in [0, 0.1) is 0 Å². The first-order valence-electron chi connectivity index (χ1n) is 8.65. The molecule has 25 heavy (non-hydrogen) atoms. The van der Waals surface area contributed by atoms with Gasteiger partial charge >= 0.3 is 0 Å². The number of hydrogen-bond acceptors (Lipinski definition) is 4. The normalized spacial score (nSPS) is 19.4. The molecular weight excluding hydrogens is 342 g/mol. The maximum Gasteiger partial charge on any atom is 0.261 e. The number of benzene rings is 1. The second-order valence-electron chi connectivity index (χ2n) is 6.31. The van der Waals surface area contributed by atoms with Crippen molar-refractivity contribution in [2.45, 2.75) is 38.1 Å². The SMILES string of the molecule is Cl.O=C(NCCCCN1C(=O)c2ccccc2C1=O)C1CCCCN1. The summed E-state index contributed by atoms with van der Waals surface area (Å²) >= 11 is 0. The van der Waals surface area contributed by atoms with E-state index in [9.17, 15) is 14.4 Å². The Balaban J connectivity index is 0.00000225. The highest BCUT2D eigenvalue weighted by Gasteiger charge is 2.34. The number of piperidine rings is 1. The molecular formula is C18H24ClN3O3. The van der Waals surface area contributed by atoms with Gasteiger partial charge in [0.05, 0.1) is 17.2 Å². The number of amides is 3. The van der Waals surface area contributed by atoms with E-state index in [1.165, 1.54) is 4.90 Å². The molecule has 0 bridgehead atoms. The lowest BCUT2D eigenvalue weighted by atomic mass is 10.0. The first kappa shape index (κ1) is 19.4. The molecule has 0 spiro atoms. The highest BCUT2D eigenvalue weighted by molar-refractivity contribution is 6.21. The average molecular weight is 366 g/mol. The number of imide groups is 1. The summed E-state index contributed by atoms with van der Waals surface area (Å²) in [6, 6.07) is 6.83. The van der Waals surface area contributed by atoms with E-state index in [0.717, 1.165) is 32.2 Å². The molecule has 2 aliphatic heterocycles. The van der Waals surface area contributed by atoms with Crippen LogP contribution in [-0.4, -0.2) is 48.3 Å². The first-order valence-corrected chi connectivity index (χ1v) is 8.65. The third-order valence-electron chi connectivity index (χ3n) is 4.61. The third kappa shape index (κ3) is 4.38. The Kier molecular flexibility index (Phi) is 6.96. The van der Waals surface area contributed by atoms with Crippen LogP contribution in [0.2, 0.25) is 0 Å². The van der Waals surface area contributed by atoms with Gasteiger partial charge in [0.25, 0.3) is 11.8 Å². The van der Waals surface area contributed by atoms with Crippen LogP contribution in [0.4, 0.5) is 0 Å². The molecule has 1 fully saturated rings. The Labute approximate surface area is 153 Å². The number of carbonyl (C=O) groups is 3. The quantitative estimate of drug-likeness (QED) is 0.594. The number of hydrogen-bond donors (Lipinski definition) is 2. The molecule has 1 saturated heterocycles. The van der Waals surface area contributed by atoms with Gasteiger partial charge in [-0.1, -0.05) is 18.6 Å². The number of halogens is 1. The van der Waals surface area contributed by atoms with E-state index in [1.807, 2.05) is 0 Å². The number of fused-ring (bicyclic) bond motifs is 1. The fraction of sp³-hybridized carbons (Fsp3) is 0.500. The van der Waals surface area contributed by atoms with Gasteiger partial charge in [-0.05, 0) is 44.4 Å². The lowest BCUT2D eigenvalue weighted by Gasteiger charge is -2.22. The minimum Gasteiger partial charge on any atom is -0.355 e. The van der Waals surface area contributed by atoms with Gasteiger partial charge in [0.15, 0.2) is 0 Å². The number of unbranched alkanes of at least 4 members (excludes halogenated alkanes) is 1. The summed E-state index contributed by atoms with van der Waals surface area (Å²) in [4.78, 5) is 37.7. The monoisotopic (exact) mass is 365 g/mol. The molecule has 1 aromatic carbocycles. The van der Waals surface area contributed by atoms with Crippen molar-refractivity contribution in [2.75, 3.05) is 19.6 Å². The lowest BCUT2D eigenvalue weighted by Crippen LogP contribution is -2.46. The van der Waals surface area contributed by atoms with Gasteiger partial charge in [0.2, 0.25) is 5.91 Å². The molecule has 0 radical (unpaired) electrons. The molecule has 6 nitrogen and oxygen atoms in total. The minimum absolute atomic E-state index is 0. The van der Waals surface area contributed by atoms with E-state index in [1.54, 1.807) is 24.3 Å². The Morgan fingerprint density at radius 1 is 1.12 bits per heavy atom. The summed E-state index contributed by atoms with van der Waals surface area (Å²) < 4.78 is 0. The van der Waals surface area contributed by atoms with Crippen LogP contribution in [0.25, 0.3) is 0 Å². The topological polar surface area (TPSA) is 78.5 Å². The van der Waals surface area contributed by atoms with Gasteiger partial charge in [-0.3, -0.25) is 19.3 Å². The van der Waals surface area contributed by atoms with E-state index in [0.29, 0.717) is 30.6 Å². The summed E-state index contributed by atoms with van der Waals surface area (Å²) in [5.41, 5.74) is 0.971. The largest absolute Gasteiger partial charge is 0.355 e. The number of carbonyl (C=O) groups excluding carboxylic acids is 3. The van der Waals surface area contributed by atoms with Crippen LogP contribution in [0.15, 0.2) is 24.3 Å². The maximum absolute atomic E-state index is 12.2. The number of rotatable bonds is 6. The Bertz CT molecular complexity index is 609. The van der Waals surface area contributed by atoms with E-state index in [2.05, 4.69) is 10.6 Å². The molecule has 1 unspecified atom stereocenters. The molecule has 0 aromatic heterocycles. The lowest BCUT2D eigenvalue weighted by molar-refractivity contribution is -0.123. The van der Waals surface area contributed by atoms with E-state index < -0.39 is 0 Å². The van der Waals surface area contributed by atoms with Crippen LogP contribution < -0.4 is 10.6 Å². The van der Waals surface area contributed by atoms with Crippen molar-refractivity contribution in [1.29, 1.82) is 0 Å². The van der Waals surface area contributed by atoms with Crippen LogP contribution in [0.3, 0.4) is 0 Å². The van der Waals surface area contributed by atoms with Gasteiger partial charge in [0.1, 0.15) is 0 Å². The average Bonchev–Trinajstić information content (AvgIpc) is 2.87. The second-order valence-corrected chi connectivity index (χ2v) is 6.31. The molecule has 3 rings (SSSR count). The van der Waals surface area contributed by atoms with Crippen LogP contribution in [-0.2, 0) is 4.79 Å². The zero-order valence-corrected chi connectivity index (χ0v) is 14.9. The minimum atomic E-state index is -0.217. The zero-order chi connectivity index (χ0) is 16.9. The smallest absolute Gasteiger partial charge is 0.261 e. The summed E-state index contributed by atoms with van der Waals surface area (Å²) in [6.45, 7) is 1.86. The van der Waals surface area contributed by atoms with Crippen molar-refractivity contribution in [3.8, 4) is 0 Å². The Hall–Kier alpha value is -1.92. The van der Waals surface area contributed by atoms with E-state index in [4.69, 9.17) is 0 Å². The molecule has 0 saturated carbocycles. The fourth-order valence-corrected chi connectivity index (χ4v) is 3.25. The summed E-state index contributed by atoms with van der Waals surface area (Å²) in [6.07, 6.45) is 4.53. The Morgan fingerprint density at radius 2 is 1.80 bits per heavy atom. The van der Waals surface area contributed by atoms with Gasteiger partial charge in [-0.25, -0.2) is 0 Å². The molecule has 2 N–H and O–H groups in total. The molecule has 7 heteroatoms. The summed E-state index contributed by atoms with van der Waals surface area (Å²) in [5, 5.41) is 6.14. The van der Waals surface area contributed by atoms with Crippen molar-refractivity contribution in [3.63, 3.8) is 0 Å². The molecule has 1 aromatic rings. The second kappa shape index (κ2) is 8.97. The summed E-state index contributed by atoms with van der Waals surface area (Å²) in [5.74, 6) is -0.382. The molecule has 2 heterocycles. The van der Waals surface area contributed by atoms with Crippen molar-refractivity contribution < 1.29 is 14.4 Å². The predicted molar refractivity (Wildman–Crippen MR) is 96.9 cm³/mol. The highest BCUT2D eigenvalue weighted by Crippen LogP contribution is 2.22. The van der Waals surface area contributed by atoms with Gasteiger partial charge in [-0.15, -0.1) is 12.4 Å². The molecule has 1 atom stereocenters.